The zero-order chi connectivity index (χ0) is 25.6. The fraction of sp³-hybridized carbons (Fsp3) is 0.333. The van der Waals surface area contributed by atoms with E-state index in [9.17, 15) is 14.7 Å². The fourth-order valence-corrected chi connectivity index (χ4v) is 6.64. The topological polar surface area (TPSA) is 113 Å². The van der Waals surface area contributed by atoms with E-state index in [1.54, 1.807) is 12.3 Å². The van der Waals surface area contributed by atoms with Crippen LogP contribution in [0.25, 0.3) is 21.7 Å². The maximum absolute atomic E-state index is 13.2. The molecule has 2 amide bonds. The molecule has 0 bridgehead atoms. The number of thiophene rings is 1. The average molecular weight is 518 g/mol. The molecule has 1 aromatic carbocycles. The molecule has 10 heteroatoms. The largest absolute Gasteiger partial charge is 0.443 e. The lowest BCUT2D eigenvalue weighted by molar-refractivity contribution is -0.125. The number of fused-ring (bicyclic) bond motifs is 1. The Balaban J connectivity index is 1.22. The van der Waals surface area contributed by atoms with Crippen molar-refractivity contribution in [2.24, 2.45) is 11.3 Å². The highest BCUT2D eigenvalue weighted by Gasteiger charge is 2.49. The first kappa shape index (κ1) is 23.6. The Labute approximate surface area is 217 Å². The molecule has 0 atom stereocenters. The lowest BCUT2D eigenvalue weighted by Crippen LogP contribution is -2.42. The van der Waals surface area contributed by atoms with Crippen LogP contribution in [0.3, 0.4) is 0 Å². The molecule has 3 aromatic heterocycles. The van der Waals surface area contributed by atoms with Crippen LogP contribution in [-0.2, 0) is 17.9 Å². The zero-order valence-electron chi connectivity index (χ0n) is 20.2. The highest BCUT2D eigenvalue weighted by Crippen LogP contribution is 2.52. The van der Waals surface area contributed by atoms with Gasteiger partial charge in [-0.2, -0.15) is 0 Å². The van der Waals surface area contributed by atoms with Gasteiger partial charge in [-0.25, -0.2) is 9.97 Å². The summed E-state index contributed by atoms with van der Waals surface area (Å²) >= 11 is 1.33. The van der Waals surface area contributed by atoms with Crippen molar-refractivity contribution in [3.63, 3.8) is 0 Å². The first-order chi connectivity index (χ1) is 18.0. The van der Waals surface area contributed by atoms with Crippen molar-refractivity contribution in [3.8, 4) is 10.6 Å². The maximum atomic E-state index is 13.2. The van der Waals surface area contributed by atoms with Crippen LogP contribution < -0.4 is 5.32 Å². The van der Waals surface area contributed by atoms with Gasteiger partial charge in [0.05, 0.1) is 33.6 Å². The van der Waals surface area contributed by atoms with E-state index in [2.05, 4.69) is 21.4 Å². The van der Waals surface area contributed by atoms with E-state index in [4.69, 9.17) is 9.40 Å². The second-order valence-electron chi connectivity index (χ2n) is 10.00. The SMILES string of the molecule is C=CC(=O)N1CCC2(CC(Cn3c(NC(=O)c4ccc(-c5cnco5)s4)nc4cc(CO)ccc43)C2)C1. The van der Waals surface area contributed by atoms with Gasteiger partial charge in [0.15, 0.2) is 12.2 Å². The average Bonchev–Trinajstić information content (AvgIpc) is 3.69. The summed E-state index contributed by atoms with van der Waals surface area (Å²) in [5.74, 6) is 1.29. The molecule has 2 fully saturated rings. The second kappa shape index (κ2) is 9.28. The molecule has 2 aliphatic rings. The molecule has 1 spiro atoms. The van der Waals surface area contributed by atoms with Crippen LogP contribution in [0.2, 0.25) is 0 Å². The summed E-state index contributed by atoms with van der Waals surface area (Å²) in [6.45, 7) is 5.83. The smallest absolute Gasteiger partial charge is 0.268 e. The molecule has 1 aliphatic heterocycles. The number of carbonyl (C=O) groups excluding carboxylic acids is 2. The molecule has 1 saturated heterocycles. The van der Waals surface area contributed by atoms with Gasteiger partial charge >= 0.3 is 0 Å². The van der Waals surface area contributed by atoms with E-state index in [-0.39, 0.29) is 23.8 Å². The summed E-state index contributed by atoms with van der Waals surface area (Å²) in [7, 11) is 0. The Morgan fingerprint density at radius 2 is 2.16 bits per heavy atom. The van der Waals surface area contributed by atoms with E-state index in [0.29, 0.717) is 22.5 Å². The lowest BCUT2D eigenvalue weighted by Gasteiger charge is -2.45. The molecule has 4 heterocycles. The molecule has 9 nitrogen and oxygen atoms in total. The zero-order valence-corrected chi connectivity index (χ0v) is 21.0. The van der Waals surface area contributed by atoms with Crippen molar-refractivity contribution in [2.75, 3.05) is 18.4 Å². The van der Waals surface area contributed by atoms with Crippen LogP contribution in [0.4, 0.5) is 5.95 Å². The number of oxazole rings is 1. The minimum absolute atomic E-state index is 0.00524. The van der Waals surface area contributed by atoms with Crippen LogP contribution in [0, 0.1) is 11.3 Å². The number of benzene rings is 1. The molecule has 1 aliphatic carbocycles. The number of aromatic nitrogens is 3. The van der Waals surface area contributed by atoms with E-state index >= 15 is 0 Å². The Morgan fingerprint density at radius 3 is 2.92 bits per heavy atom. The number of aliphatic hydroxyl groups excluding tert-OH is 1. The summed E-state index contributed by atoms with van der Waals surface area (Å²) in [6, 6.07) is 9.29. The van der Waals surface area contributed by atoms with Crippen molar-refractivity contribution in [3.05, 3.63) is 66.0 Å². The van der Waals surface area contributed by atoms with Gasteiger partial charge in [-0.05, 0) is 66.5 Å². The molecule has 0 unspecified atom stereocenters. The van der Waals surface area contributed by atoms with Gasteiger partial charge in [0.1, 0.15) is 0 Å². The molecule has 6 rings (SSSR count). The summed E-state index contributed by atoms with van der Waals surface area (Å²) in [5.41, 5.74) is 2.59. The summed E-state index contributed by atoms with van der Waals surface area (Å²) in [4.78, 5) is 37.1. The first-order valence-corrected chi connectivity index (χ1v) is 13.1. The predicted molar refractivity (Wildman–Crippen MR) is 140 cm³/mol. The number of hydrogen-bond acceptors (Lipinski definition) is 7. The maximum Gasteiger partial charge on any atom is 0.268 e. The van der Waals surface area contributed by atoms with Crippen LogP contribution in [0.15, 0.2) is 60.0 Å². The number of amides is 2. The lowest BCUT2D eigenvalue weighted by atomic mass is 9.61. The van der Waals surface area contributed by atoms with Crippen molar-refractivity contribution in [1.29, 1.82) is 0 Å². The number of imidazole rings is 1. The standard InChI is InChI=1S/C27H27N5O4S/c1-2-24(34)31-8-7-27(15-31)10-18(11-27)13-32-20-4-3-17(14-33)9-19(20)29-26(32)30-25(35)23-6-5-22(37-23)21-12-28-16-36-21/h2-6,9,12,16,18,33H,1,7-8,10-11,13-15H2,(H,29,30,35). The van der Waals surface area contributed by atoms with Gasteiger partial charge in [0.2, 0.25) is 11.9 Å². The third kappa shape index (κ3) is 4.36. The van der Waals surface area contributed by atoms with Gasteiger partial charge in [0.25, 0.3) is 5.91 Å². The third-order valence-electron chi connectivity index (χ3n) is 7.53. The molecular formula is C27H27N5O4S. The monoisotopic (exact) mass is 517 g/mol. The normalized spacial score (nSPS) is 20.9. The second-order valence-corrected chi connectivity index (χ2v) is 11.1. The number of nitrogens with one attached hydrogen (secondary N) is 1. The number of carbonyl (C=O) groups is 2. The Bertz CT molecular complexity index is 1480. The Morgan fingerprint density at radius 1 is 1.30 bits per heavy atom. The van der Waals surface area contributed by atoms with Gasteiger partial charge in [-0.3, -0.25) is 14.9 Å². The molecule has 4 aromatic rings. The van der Waals surface area contributed by atoms with Crippen LogP contribution >= 0.6 is 11.3 Å². The van der Waals surface area contributed by atoms with Crippen molar-refractivity contribution in [1.82, 2.24) is 19.4 Å². The summed E-state index contributed by atoms with van der Waals surface area (Å²) in [5, 5.41) is 12.6. The molecule has 0 radical (unpaired) electrons. The number of likely N-dealkylation sites (tertiary alicyclic amines) is 1. The van der Waals surface area contributed by atoms with E-state index in [1.165, 1.54) is 23.8 Å². The summed E-state index contributed by atoms with van der Waals surface area (Å²) < 4.78 is 7.41. The summed E-state index contributed by atoms with van der Waals surface area (Å²) in [6.07, 6.45) is 7.45. The molecule has 2 N–H and O–H groups in total. The van der Waals surface area contributed by atoms with Crippen molar-refractivity contribution in [2.45, 2.75) is 32.4 Å². The van der Waals surface area contributed by atoms with Crippen LogP contribution in [0.5, 0.6) is 0 Å². The van der Waals surface area contributed by atoms with Crippen LogP contribution in [-0.4, -0.2) is 49.4 Å². The third-order valence-corrected chi connectivity index (χ3v) is 8.63. The number of aliphatic hydroxyl groups is 1. The van der Waals surface area contributed by atoms with Gasteiger partial charge in [-0.1, -0.05) is 12.6 Å². The number of hydrogen-bond donors (Lipinski definition) is 2. The molecule has 37 heavy (non-hydrogen) atoms. The minimum atomic E-state index is -0.242. The first-order valence-electron chi connectivity index (χ1n) is 12.3. The predicted octanol–water partition coefficient (Wildman–Crippen LogP) is 4.31. The minimum Gasteiger partial charge on any atom is -0.443 e. The fourth-order valence-electron chi connectivity index (χ4n) is 5.78. The Hall–Kier alpha value is -3.76. The van der Waals surface area contributed by atoms with Crippen molar-refractivity contribution >= 4 is 40.1 Å². The molecular weight excluding hydrogens is 490 g/mol. The highest BCUT2D eigenvalue weighted by atomic mass is 32.1. The Kier molecular flexibility index (Phi) is 5.92. The van der Waals surface area contributed by atoms with Crippen molar-refractivity contribution < 1.29 is 19.1 Å². The van der Waals surface area contributed by atoms with Gasteiger partial charge in [-0.15, -0.1) is 11.3 Å². The van der Waals surface area contributed by atoms with Gasteiger partial charge < -0.3 is 19.0 Å². The molecule has 190 valence electrons. The number of rotatable bonds is 7. The molecule has 1 saturated carbocycles. The quantitative estimate of drug-likeness (QED) is 0.353. The van der Waals surface area contributed by atoms with E-state index < -0.39 is 0 Å². The van der Waals surface area contributed by atoms with Crippen LogP contribution in [0.1, 0.15) is 34.5 Å². The number of anilines is 1. The number of nitrogens with zero attached hydrogens (tertiary/aromatic N) is 4. The van der Waals surface area contributed by atoms with E-state index in [0.717, 1.165) is 60.4 Å². The van der Waals surface area contributed by atoms with E-state index in [1.807, 2.05) is 29.2 Å². The highest BCUT2D eigenvalue weighted by molar-refractivity contribution is 7.17. The van der Waals surface area contributed by atoms with Gasteiger partial charge in [0, 0.05) is 19.6 Å².